The molecular formula is C7H12N2O. The molecule has 0 aromatic carbocycles. The second kappa shape index (κ2) is 1.87. The SMILES string of the molecule is NC(=O)N1C[C@@H]2CCC[C@@H]21. The van der Waals surface area contributed by atoms with Gasteiger partial charge in [0, 0.05) is 12.6 Å². The van der Waals surface area contributed by atoms with Crippen molar-refractivity contribution in [3.63, 3.8) is 0 Å². The fraction of sp³-hybridized carbons (Fsp3) is 0.857. The van der Waals surface area contributed by atoms with Gasteiger partial charge in [-0.15, -0.1) is 0 Å². The summed E-state index contributed by atoms with van der Waals surface area (Å²) in [7, 11) is 0. The first-order chi connectivity index (χ1) is 4.79. The fourth-order valence-corrected chi connectivity index (χ4v) is 2.14. The van der Waals surface area contributed by atoms with Gasteiger partial charge in [0.25, 0.3) is 0 Å². The molecule has 2 atom stereocenters. The van der Waals surface area contributed by atoms with Crippen molar-refractivity contribution in [1.29, 1.82) is 0 Å². The minimum absolute atomic E-state index is 0.233. The van der Waals surface area contributed by atoms with Crippen LogP contribution in [0.4, 0.5) is 4.79 Å². The predicted molar refractivity (Wildman–Crippen MR) is 37.4 cm³/mol. The van der Waals surface area contributed by atoms with Crippen molar-refractivity contribution < 1.29 is 4.79 Å². The number of rotatable bonds is 0. The highest BCUT2D eigenvalue weighted by Crippen LogP contribution is 2.38. The van der Waals surface area contributed by atoms with Crippen LogP contribution < -0.4 is 5.73 Å². The zero-order valence-electron chi connectivity index (χ0n) is 5.92. The normalized spacial score (nSPS) is 37.0. The van der Waals surface area contributed by atoms with Crippen LogP contribution in [0, 0.1) is 5.92 Å². The number of fused-ring (bicyclic) bond motifs is 1. The molecule has 2 fully saturated rings. The molecule has 0 unspecified atom stereocenters. The molecule has 56 valence electrons. The van der Waals surface area contributed by atoms with E-state index in [0.29, 0.717) is 6.04 Å². The van der Waals surface area contributed by atoms with E-state index in [-0.39, 0.29) is 6.03 Å². The minimum Gasteiger partial charge on any atom is -0.351 e. The van der Waals surface area contributed by atoms with Crippen LogP contribution in [0.3, 0.4) is 0 Å². The Balaban J connectivity index is 2.00. The quantitative estimate of drug-likeness (QED) is 0.524. The molecular weight excluding hydrogens is 128 g/mol. The maximum Gasteiger partial charge on any atom is 0.315 e. The van der Waals surface area contributed by atoms with Gasteiger partial charge < -0.3 is 10.6 Å². The van der Waals surface area contributed by atoms with E-state index < -0.39 is 0 Å². The van der Waals surface area contributed by atoms with E-state index in [1.165, 1.54) is 19.3 Å². The van der Waals surface area contributed by atoms with Crippen LogP contribution in [0.2, 0.25) is 0 Å². The van der Waals surface area contributed by atoms with Crippen molar-refractivity contribution in [2.75, 3.05) is 6.54 Å². The molecule has 1 saturated heterocycles. The third-order valence-corrected chi connectivity index (χ3v) is 2.73. The van der Waals surface area contributed by atoms with Gasteiger partial charge in [0.15, 0.2) is 0 Å². The fourth-order valence-electron chi connectivity index (χ4n) is 2.14. The molecule has 0 spiro atoms. The van der Waals surface area contributed by atoms with Crippen LogP contribution in [0.1, 0.15) is 19.3 Å². The molecule has 10 heavy (non-hydrogen) atoms. The lowest BCUT2D eigenvalue weighted by Crippen LogP contribution is -2.57. The van der Waals surface area contributed by atoms with Crippen LogP contribution in [0.15, 0.2) is 0 Å². The highest BCUT2D eigenvalue weighted by atomic mass is 16.2. The van der Waals surface area contributed by atoms with E-state index >= 15 is 0 Å². The summed E-state index contributed by atoms with van der Waals surface area (Å²) in [4.78, 5) is 12.5. The molecule has 3 nitrogen and oxygen atoms in total. The van der Waals surface area contributed by atoms with Crippen LogP contribution in [0.25, 0.3) is 0 Å². The summed E-state index contributed by atoms with van der Waals surface area (Å²) < 4.78 is 0. The van der Waals surface area contributed by atoms with E-state index in [9.17, 15) is 4.79 Å². The van der Waals surface area contributed by atoms with Crippen LogP contribution >= 0.6 is 0 Å². The van der Waals surface area contributed by atoms with Crippen molar-refractivity contribution in [2.24, 2.45) is 11.7 Å². The van der Waals surface area contributed by atoms with E-state index in [1.807, 2.05) is 0 Å². The van der Waals surface area contributed by atoms with Gasteiger partial charge in [-0.2, -0.15) is 0 Å². The number of carbonyl (C=O) groups excluding carboxylic acids is 1. The number of primary amides is 1. The number of hydrogen-bond donors (Lipinski definition) is 1. The first-order valence-corrected chi connectivity index (χ1v) is 3.85. The molecule has 1 saturated carbocycles. The lowest BCUT2D eigenvalue weighted by atomic mass is 9.93. The lowest BCUT2D eigenvalue weighted by molar-refractivity contribution is 0.0771. The summed E-state index contributed by atoms with van der Waals surface area (Å²) in [5, 5.41) is 0. The monoisotopic (exact) mass is 140 g/mol. The molecule has 0 aromatic heterocycles. The third kappa shape index (κ3) is 0.632. The summed E-state index contributed by atoms with van der Waals surface area (Å²) in [6.07, 6.45) is 3.75. The molecule has 2 rings (SSSR count). The molecule has 0 radical (unpaired) electrons. The highest BCUT2D eigenvalue weighted by Gasteiger charge is 2.43. The number of amides is 2. The summed E-state index contributed by atoms with van der Waals surface area (Å²) in [6.45, 7) is 0.917. The zero-order chi connectivity index (χ0) is 7.14. The minimum atomic E-state index is -0.233. The molecule has 0 bridgehead atoms. The Bertz CT molecular complexity index is 169. The van der Waals surface area contributed by atoms with E-state index in [4.69, 9.17) is 5.73 Å². The van der Waals surface area contributed by atoms with Gasteiger partial charge in [-0.1, -0.05) is 6.42 Å². The van der Waals surface area contributed by atoms with Gasteiger partial charge in [-0.3, -0.25) is 0 Å². The second-order valence-electron chi connectivity index (χ2n) is 3.25. The first kappa shape index (κ1) is 6.01. The summed E-state index contributed by atoms with van der Waals surface area (Å²) >= 11 is 0. The van der Waals surface area contributed by atoms with Crippen molar-refractivity contribution >= 4 is 6.03 Å². The Morgan fingerprint density at radius 3 is 2.90 bits per heavy atom. The van der Waals surface area contributed by atoms with Crippen LogP contribution in [0.5, 0.6) is 0 Å². The van der Waals surface area contributed by atoms with Crippen molar-refractivity contribution in [1.82, 2.24) is 4.90 Å². The Morgan fingerprint density at radius 2 is 2.30 bits per heavy atom. The Morgan fingerprint density at radius 1 is 1.50 bits per heavy atom. The Labute approximate surface area is 60.2 Å². The molecule has 2 amide bonds. The second-order valence-corrected chi connectivity index (χ2v) is 3.25. The van der Waals surface area contributed by atoms with Crippen molar-refractivity contribution in [3.05, 3.63) is 0 Å². The predicted octanol–water partition coefficient (Wildman–Crippen LogP) is 0.549. The smallest absolute Gasteiger partial charge is 0.315 e. The van der Waals surface area contributed by atoms with E-state index in [1.54, 1.807) is 4.90 Å². The molecule has 3 heteroatoms. The molecule has 2 N–H and O–H groups in total. The number of nitrogens with two attached hydrogens (primary N) is 1. The Kier molecular flexibility index (Phi) is 1.13. The lowest BCUT2D eigenvalue weighted by Gasteiger charge is -2.43. The summed E-state index contributed by atoms with van der Waals surface area (Å²) in [6, 6.07) is 0.278. The topological polar surface area (TPSA) is 46.3 Å². The highest BCUT2D eigenvalue weighted by molar-refractivity contribution is 5.73. The molecule has 2 aliphatic rings. The number of nitrogens with zero attached hydrogens (tertiary/aromatic N) is 1. The maximum atomic E-state index is 10.7. The van der Waals surface area contributed by atoms with Gasteiger partial charge >= 0.3 is 6.03 Å². The summed E-state index contributed by atoms with van der Waals surface area (Å²) in [5.74, 6) is 0.785. The molecule has 1 aliphatic heterocycles. The van der Waals surface area contributed by atoms with Gasteiger partial charge in [0.1, 0.15) is 0 Å². The average Bonchev–Trinajstić information content (AvgIpc) is 2.11. The van der Waals surface area contributed by atoms with Crippen LogP contribution in [-0.4, -0.2) is 23.5 Å². The maximum absolute atomic E-state index is 10.7. The number of hydrogen-bond acceptors (Lipinski definition) is 1. The number of urea groups is 1. The van der Waals surface area contributed by atoms with Gasteiger partial charge in [-0.05, 0) is 18.8 Å². The van der Waals surface area contributed by atoms with Crippen LogP contribution in [-0.2, 0) is 0 Å². The standard InChI is InChI=1S/C7H12N2O/c8-7(10)9-4-5-2-1-3-6(5)9/h5-6H,1-4H2,(H2,8,10)/t5-,6-/m0/s1. The van der Waals surface area contributed by atoms with Crippen molar-refractivity contribution in [3.8, 4) is 0 Å². The molecule has 1 heterocycles. The van der Waals surface area contributed by atoms with Crippen molar-refractivity contribution in [2.45, 2.75) is 25.3 Å². The molecule has 0 aromatic rings. The first-order valence-electron chi connectivity index (χ1n) is 3.85. The number of likely N-dealkylation sites (tertiary alicyclic amines) is 1. The van der Waals surface area contributed by atoms with Gasteiger partial charge in [0.2, 0.25) is 0 Å². The van der Waals surface area contributed by atoms with Gasteiger partial charge in [0.05, 0.1) is 0 Å². The zero-order valence-corrected chi connectivity index (χ0v) is 5.92. The van der Waals surface area contributed by atoms with E-state index in [0.717, 1.165) is 12.5 Å². The summed E-state index contributed by atoms with van der Waals surface area (Å²) in [5.41, 5.74) is 5.14. The van der Waals surface area contributed by atoms with Gasteiger partial charge in [-0.25, -0.2) is 4.79 Å². The molecule has 1 aliphatic carbocycles. The average molecular weight is 140 g/mol. The largest absolute Gasteiger partial charge is 0.351 e. The third-order valence-electron chi connectivity index (χ3n) is 2.73. The Hall–Kier alpha value is -0.730. The number of carbonyl (C=O) groups is 1. The van der Waals surface area contributed by atoms with E-state index in [2.05, 4.69) is 0 Å².